The van der Waals surface area contributed by atoms with E-state index >= 15 is 0 Å². The molecule has 2 amide bonds. The fourth-order valence-electron chi connectivity index (χ4n) is 2.44. The van der Waals surface area contributed by atoms with Crippen molar-refractivity contribution in [2.75, 3.05) is 6.54 Å². The van der Waals surface area contributed by atoms with Gasteiger partial charge in [0.05, 0.1) is 19.0 Å². The van der Waals surface area contributed by atoms with E-state index in [0.29, 0.717) is 12.2 Å². The summed E-state index contributed by atoms with van der Waals surface area (Å²) in [5.41, 5.74) is 2.34. The van der Waals surface area contributed by atoms with E-state index in [1.54, 1.807) is 12.1 Å². The van der Waals surface area contributed by atoms with Crippen molar-refractivity contribution in [2.24, 2.45) is 5.10 Å². The molecule has 1 heterocycles. The lowest BCUT2D eigenvalue weighted by Crippen LogP contribution is -2.34. The molecular weight excluding hydrogens is 318 g/mol. The van der Waals surface area contributed by atoms with Gasteiger partial charge in [-0.25, -0.2) is 5.43 Å². The van der Waals surface area contributed by atoms with Gasteiger partial charge in [-0.3, -0.25) is 9.59 Å². The van der Waals surface area contributed by atoms with Crippen LogP contribution in [0.3, 0.4) is 0 Å². The van der Waals surface area contributed by atoms with E-state index in [0.717, 1.165) is 12.8 Å². The topological polar surface area (TPSA) is 83.7 Å². The molecule has 2 N–H and O–H groups in total. The molecule has 0 aromatic carbocycles. The van der Waals surface area contributed by atoms with Gasteiger partial charge in [-0.15, -0.1) is 0 Å². The molecule has 0 spiro atoms. The molecule has 0 aliphatic heterocycles. The average molecular weight is 349 g/mol. The maximum absolute atomic E-state index is 11.7. The third kappa shape index (κ3) is 12.0. The van der Waals surface area contributed by atoms with Gasteiger partial charge in [0.1, 0.15) is 5.76 Å². The summed E-state index contributed by atoms with van der Waals surface area (Å²) in [6.07, 6.45) is 14.4. The van der Waals surface area contributed by atoms with Crippen LogP contribution in [0.5, 0.6) is 0 Å². The molecule has 0 unspecified atom stereocenters. The third-order valence-electron chi connectivity index (χ3n) is 3.88. The van der Waals surface area contributed by atoms with Crippen LogP contribution in [-0.4, -0.2) is 24.6 Å². The number of hydrazone groups is 1. The van der Waals surface area contributed by atoms with Gasteiger partial charge in [0.25, 0.3) is 5.91 Å². The minimum absolute atomic E-state index is 0.0637. The van der Waals surface area contributed by atoms with Gasteiger partial charge in [-0.1, -0.05) is 58.3 Å². The van der Waals surface area contributed by atoms with Crippen LogP contribution in [0.4, 0.5) is 0 Å². The second kappa shape index (κ2) is 14.3. The molecule has 0 fully saturated rings. The van der Waals surface area contributed by atoms with Gasteiger partial charge >= 0.3 is 0 Å². The minimum Gasteiger partial charge on any atom is -0.463 e. The fraction of sp³-hybridized carbons (Fsp3) is 0.632. The van der Waals surface area contributed by atoms with Crippen molar-refractivity contribution in [3.05, 3.63) is 24.2 Å². The SMILES string of the molecule is CCCCCCCCCCCC(=O)NCC(=O)NN=Cc1ccco1. The highest BCUT2D eigenvalue weighted by Crippen LogP contribution is 2.10. The molecular formula is C19H31N3O3. The van der Waals surface area contributed by atoms with E-state index < -0.39 is 0 Å². The molecule has 140 valence electrons. The number of carbonyl (C=O) groups excluding carboxylic acids is 2. The summed E-state index contributed by atoms with van der Waals surface area (Å²) < 4.78 is 5.04. The van der Waals surface area contributed by atoms with Gasteiger partial charge in [-0.2, -0.15) is 5.10 Å². The quantitative estimate of drug-likeness (QED) is 0.305. The summed E-state index contributed by atoms with van der Waals surface area (Å²) in [5.74, 6) is 0.103. The first-order chi connectivity index (χ1) is 12.2. The van der Waals surface area contributed by atoms with Gasteiger partial charge in [0.15, 0.2) is 0 Å². The molecule has 6 heteroatoms. The smallest absolute Gasteiger partial charge is 0.259 e. The van der Waals surface area contributed by atoms with Crippen molar-refractivity contribution in [3.8, 4) is 0 Å². The van der Waals surface area contributed by atoms with E-state index in [-0.39, 0.29) is 18.4 Å². The highest BCUT2D eigenvalue weighted by molar-refractivity contribution is 5.85. The summed E-state index contributed by atoms with van der Waals surface area (Å²) in [7, 11) is 0. The summed E-state index contributed by atoms with van der Waals surface area (Å²) in [6, 6.07) is 3.46. The normalized spacial score (nSPS) is 10.9. The summed E-state index contributed by atoms with van der Waals surface area (Å²) >= 11 is 0. The lowest BCUT2D eigenvalue weighted by atomic mass is 10.1. The van der Waals surface area contributed by atoms with Crippen LogP contribution in [-0.2, 0) is 9.59 Å². The molecule has 0 aliphatic carbocycles. The van der Waals surface area contributed by atoms with Crippen molar-refractivity contribution < 1.29 is 14.0 Å². The molecule has 0 saturated carbocycles. The summed E-state index contributed by atoms with van der Waals surface area (Å²) in [6.45, 7) is 2.16. The molecule has 0 atom stereocenters. The van der Waals surface area contributed by atoms with Crippen LogP contribution in [0.15, 0.2) is 27.9 Å². The Morgan fingerprint density at radius 3 is 2.36 bits per heavy atom. The molecule has 0 bridgehead atoms. The van der Waals surface area contributed by atoms with Gasteiger partial charge in [0, 0.05) is 6.42 Å². The highest BCUT2D eigenvalue weighted by atomic mass is 16.3. The van der Waals surface area contributed by atoms with Crippen molar-refractivity contribution in [2.45, 2.75) is 71.1 Å². The second-order valence-corrected chi connectivity index (χ2v) is 6.16. The van der Waals surface area contributed by atoms with E-state index in [2.05, 4.69) is 22.8 Å². The zero-order valence-electron chi connectivity index (χ0n) is 15.3. The Balaban J connectivity index is 1.93. The average Bonchev–Trinajstić information content (AvgIpc) is 3.12. The van der Waals surface area contributed by atoms with Crippen molar-refractivity contribution in [1.82, 2.24) is 10.7 Å². The monoisotopic (exact) mass is 349 g/mol. The lowest BCUT2D eigenvalue weighted by Gasteiger charge is -2.04. The molecule has 1 aromatic heterocycles. The van der Waals surface area contributed by atoms with E-state index in [1.807, 2.05) is 0 Å². The molecule has 1 aromatic rings. The number of hydrogen-bond acceptors (Lipinski definition) is 4. The van der Waals surface area contributed by atoms with Crippen LogP contribution in [0.2, 0.25) is 0 Å². The summed E-state index contributed by atoms with van der Waals surface area (Å²) in [5, 5.41) is 6.35. The largest absolute Gasteiger partial charge is 0.463 e. The number of furan rings is 1. The van der Waals surface area contributed by atoms with E-state index in [9.17, 15) is 9.59 Å². The van der Waals surface area contributed by atoms with E-state index in [4.69, 9.17) is 4.42 Å². The number of nitrogens with one attached hydrogen (secondary N) is 2. The Bertz CT molecular complexity index is 498. The van der Waals surface area contributed by atoms with Gasteiger partial charge in [0.2, 0.25) is 5.91 Å². The lowest BCUT2D eigenvalue weighted by molar-refractivity contribution is -0.126. The van der Waals surface area contributed by atoms with Gasteiger partial charge < -0.3 is 9.73 Å². The first-order valence-corrected chi connectivity index (χ1v) is 9.34. The number of nitrogens with zero attached hydrogens (tertiary/aromatic N) is 1. The van der Waals surface area contributed by atoms with E-state index in [1.165, 1.54) is 57.4 Å². The third-order valence-corrected chi connectivity index (χ3v) is 3.88. The Kier molecular flexibility index (Phi) is 11.9. The number of carbonyl (C=O) groups is 2. The molecule has 6 nitrogen and oxygen atoms in total. The standard InChI is InChI=1S/C19H31N3O3/c1-2-3-4-5-6-7-8-9-10-13-18(23)20-16-19(24)22-21-15-17-12-11-14-25-17/h11-12,14-15H,2-10,13,16H2,1H3,(H,20,23)(H,22,24). The first kappa shape index (κ1) is 20.9. The number of unbranched alkanes of at least 4 members (excludes halogenated alkanes) is 8. The molecule has 0 aliphatic rings. The number of rotatable bonds is 14. The molecule has 25 heavy (non-hydrogen) atoms. The van der Waals surface area contributed by atoms with Crippen molar-refractivity contribution in [1.29, 1.82) is 0 Å². The van der Waals surface area contributed by atoms with Crippen LogP contribution < -0.4 is 10.7 Å². The van der Waals surface area contributed by atoms with Crippen LogP contribution >= 0.6 is 0 Å². The Labute approximate surface area is 150 Å². The predicted octanol–water partition coefficient (Wildman–Crippen LogP) is 3.77. The van der Waals surface area contributed by atoms with Crippen molar-refractivity contribution in [3.63, 3.8) is 0 Å². The second-order valence-electron chi connectivity index (χ2n) is 6.16. The molecule has 0 radical (unpaired) electrons. The highest BCUT2D eigenvalue weighted by Gasteiger charge is 2.04. The van der Waals surface area contributed by atoms with Crippen LogP contribution in [0, 0.1) is 0 Å². The van der Waals surface area contributed by atoms with Crippen LogP contribution in [0.1, 0.15) is 76.9 Å². The summed E-state index contributed by atoms with van der Waals surface area (Å²) in [4.78, 5) is 23.2. The Morgan fingerprint density at radius 1 is 1.04 bits per heavy atom. The maximum Gasteiger partial charge on any atom is 0.259 e. The zero-order valence-corrected chi connectivity index (χ0v) is 15.3. The molecule has 0 saturated heterocycles. The van der Waals surface area contributed by atoms with Gasteiger partial charge in [-0.05, 0) is 18.6 Å². The zero-order chi connectivity index (χ0) is 18.2. The molecule has 1 rings (SSSR count). The Hall–Kier alpha value is -2.11. The number of amides is 2. The fourth-order valence-corrected chi connectivity index (χ4v) is 2.44. The predicted molar refractivity (Wildman–Crippen MR) is 99.3 cm³/mol. The van der Waals surface area contributed by atoms with Crippen molar-refractivity contribution >= 4 is 18.0 Å². The number of hydrogen-bond donors (Lipinski definition) is 2. The maximum atomic E-state index is 11.7. The van der Waals surface area contributed by atoms with Crippen LogP contribution in [0.25, 0.3) is 0 Å². The Morgan fingerprint density at radius 2 is 1.72 bits per heavy atom. The minimum atomic E-state index is -0.358. The first-order valence-electron chi connectivity index (χ1n) is 9.34.